The van der Waals surface area contributed by atoms with Crippen LogP contribution in [0.5, 0.6) is 0 Å². The quantitative estimate of drug-likeness (QED) is 0.341. The summed E-state index contributed by atoms with van der Waals surface area (Å²) in [4.78, 5) is 12.1. The highest BCUT2D eigenvalue weighted by Crippen LogP contribution is 2.34. The van der Waals surface area contributed by atoms with Gasteiger partial charge in [0.25, 0.3) is 0 Å². The van der Waals surface area contributed by atoms with Crippen LogP contribution in [0.25, 0.3) is 0 Å². The minimum absolute atomic E-state index is 0.130. The fraction of sp³-hybridized carbons (Fsp3) is 0.846. The number of ether oxygens (including phenoxy) is 4. The van der Waals surface area contributed by atoms with Gasteiger partial charge in [0.15, 0.2) is 12.2 Å². The minimum atomic E-state index is -0.520. The predicted octanol–water partition coefficient (Wildman–Crippen LogP) is 2.44. The van der Waals surface area contributed by atoms with Crippen molar-refractivity contribution in [3.63, 3.8) is 0 Å². The first-order valence-corrected chi connectivity index (χ1v) is 9.38. The molecule has 0 aliphatic carbocycles. The van der Waals surface area contributed by atoms with Crippen LogP contribution in [0.4, 0.5) is 0 Å². The number of rotatable bonds is 5. The van der Waals surface area contributed by atoms with E-state index in [0.717, 1.165) is 0 Å². The second-order valence-corrected chi connectivity index (χ2v) is 8.76. The van der Waals surface area contributed by atoms with Crippen LogP contribution in [0.1, 0.15) is 27.2 Å². The van der Waals surface area contributed by atoms with Gasteiger partial charge in [-0.25, -0.2) is 5.41 Å². The van der Waals surface area contributed by atoms with Crippen molar-refractivity contribution in [2.45, 2.75) is 61.1 Å². The summed E-state index contributed by atoms with van der Waals surface area (Å²) in [6.07, 6.45) is -0.783. The molecule has 120 valence electrons. The Balaban J connectivity index is 1.90. The Morgan fingerprint density at radius 2 is 2.10 bits per heavy atom. The van der Waals surface area contributed by atoms with Gasteiger partial charge in [-0.05, 0) is 20.8 Å². The maximum absolute atomic E-state index is 12.1. The van der Waals surface area contributed by atoms with E-state index in [-0.39, 0.29) is 42.6 Å². The number of halogens is 2. The van der Waals surface area contributed by atoms with Crippen molar-refractivity contribution in [3.8, 4) is 0 Å². The highest BCUT2D eigenvalue weighted by Gasteiger charge is 2.51. The summed E-state index contributed by atoms with van der Waals surface area (Å²) in [6, 6.07) is 0. The fourth-order valence-electron chi connectivity index (χ4n) is 2.42. The van der Waals surface area contributed by atoms with Gasteiger partial charge in [0, 0.05) is 10.8 Å². The van der Waals surface area contributed by atoms with Crippen molar-refractivity contribution >= 4 is 57.2 Å². The van der Waals surface area contributed by atoms with Crippen LogP contribution in [0, 0.1) is 5.41 Å². The van der Waals surface area contributed by atoms with E-state index in [1.54, 1.807) is 0 Å². The van der Waals surface area contributed by atoms with Crippen LogP contribution in [-0.2, 0) is 23.7 Å². The number of carbonyl (C=O) groups excluding carboxylic acids is 1. The second kappa shape index (κ2) is 6.73. The monoisotopic (exact) mass is 523 g/mol. The molecule has 1 N–H and O–H groups in total. The number of alkyl halides is 2. The lowest BCUT2D eigenvalue weighted by atomic mass is 10.0. The van der Waals surface area contributed by atoms with Gasteiger partial charge in [-0.15, -0.1) is 0 Å². The summed E-state index contributed by atoms with van der Waals surface area (Å²) >= 11 is 4.28. The zero-order chi connectivity index (χ0) is 15.8. The lowest BCUT2D eigenvalue weighted by Gasteiger charge is -2.24. The number of hydrogen-bond acceptors (Lipinski definition) is 6. The number of hydrogen-bond donors (Lipinski definition) is 1. The summed E-state index contributed by atoms with van der Waals surface area (Å²) in [5.41, 5.74) is 0. The van der Waals surface area contributed by atoms with Gasteiger partial charge in [0.05, 0.1) is 6.10 Å². The molecule has 6 unspecified atom stereocenters. The molecule has 0 saturated carbocycles. The lowest BCUT2D eigenvalue weighted by molar-refractivity contribution is -0.151. The molecule has 2 aliphatic heterocycles. The fourth-order valence-corrected chi connectivity index (χ4v) is 2.85. The van der Waals surface area contributed by atoms with E-state index in [1.165, 1.54) is 0 Å². The molecule has 2 aliphatic rings. The van der Waals surface area contributed by atoms with Crippen molar-refractivity contribution in [1.29, 1.82) is 5.41 Å². The van der Waals surface area contributed by atoms with E-state index in [9.17, 15) is 4.79 Å². The molecule has 0 spiro atoms. The van der Waals surface area contributed by atoms with Crippen molar-refractivity contribution < 1.29 is 23.7 Å². The third-order valence-electron chi connectivity index (χ3n) is 3.58. The molecule has 0 amide bonds. The van der Waals surface area contributed by atoms with Gasteiger partial charge in [0.1, 0.15) is 15.6 Å². The molecule has 2 rings (SSSR count). The summed E-state index contributed by atoms with van der Waals surface area (Å²) in [5.74, 6) is -0.219. The summed E-state index contributed by atoms with van der Waals surface area (Å²) in [6.45, 7) is 5.60. The highest BCUT2D eigenvalue weighted by atomic mass is 127. The van der Waals surface area contributed by atoms with E-state index in [2.05, 4.69) is 45.2 Å². The molecule has 0 bridgehead atoms. The standard InChI is InChI=1S/C13H19I2NO5/c1-6(18-11(17)13(3,15)5-14)4-8-10-9(7(2)19-8)20-12(16)21-10/h6-10,16H,4-5H2,1-3H3. The molecule has 21 heavy (non-hydrogen) atoms. The molecule has 6 nitrogen and oxygen atoms in total. The number of esters is 1. The second-order valence-electron chi connectivity index (χ2n) is 5.61. The number of fused-ring (bicyclic) bond motifs is 1. The van der Waals surface area contributed by atoms with Gasteiger partial charge < -0.3 is 18.9 Å². The van der Waals surface area contributed by atoms with E-state index in [0.29, 0.717) is 10.8 Å². The number of carbonyl (C=O) groups is 1. The first-order chi connectivity index (χ1) is 9.74. The van der Waals surface area contributed by atoms with Crippen molar-refractivity contribution in [2.75, 3.05) is 4.43 Å². The molecule has 2 fully saturated rings. The van der Waals surface area contributed by atoms with Crippen molar-refractivity contribution in [3.05, 3.63) is 0 Å². The Morgan fingerprint density at radius 3 is 2.71 bits per heavy atom. The van der Waals surface area contributed by atoms with E-state index < -0.39 is 3.42 Å². The maximum Gasteiger partial charge on any atom is 0.381 e. The molecule has 2 saturated heterocycles. The normalized spacial score (nSPS) is 35.4. The van der Waals surface area contributed by atoms with Crippen LogP contribution in [-0.4, -0.2) is 50.4 Å². The van der Waals surface area contributed by atoms with E-state index in [1.807, 2.05) is 20.8 Å². The molecular formula is C13H19I2NO5. The van der Waals surface area contributed by atoms with Crippen LogP contribution in [0.3, 0.4) is 0 Å². The van der Waals surface area contributed by atoms with E-state index in [4.69, 9.17) is 24.4 Å². The molecule has 0 aromatic carbocycles. The first-order valence-electron chi connectivity index (χ1n) is 6.78. The summed E-state index contributed by atoms with van der Waals surface area (Å²) in [5, 5.41) is 7.44. The minimum Gasteiger partial charge on any atom is -0.462 e. The summed E-state index contributed by atoms with van der Waals surface area (Å²) in [7, 11) is 0. The highest BCUT2D eigenvalue weighted by molar-refractivity contribution is 14.1. The zero-order valence-electron chi connectivity index (χ0n) is 12.1. The number of nitrogens with one attached hydrogen (secondary N) is 1. The average Bonchev–Trinajstić information content (AvgIpc) is 2.90. The van der Waals surface area contributed by atoms with E-state index >= 15 is 0 Å². The van der Waals surface area contributed by atoms with Crippen LogP contribution in [0.2, 0.25) is 0 Å². The molecule has 8 heteroatoms. The Morgan fingerprint density at radius 1 is 1.48 bits per heavy atom. The topological polar surface area (TPSA) is 77.8 Å². The smallest absolute Gasteiger partial charge is 0.381 e. The first kappa shape index (κ1) is 17.5. The van der Waals surface area contributed by atoms with Crippen molar-refractivity contribution in [2.24, 2.45) is 0 Å². The average molecular weight is 523 g/mol. The molecule has 6 atom stereocenters. The SMILES string of the molecule is CC(CC1OC(C)C2OC(=N)OC12)OC(=O)C(C)(I)CI. The van der Waals surface area contributed by atoms with Gasteiger partial charge in [-0.1, -0.05) is 45.2 Å². The van der Waals surface area contributed by atoms with Crippen LogP contribution < -0.4 is 0 Å². The predicted molar refractivity (Wildman–Crippen MR) is 93.3 cm³/mol. The molecule has 0 radical (unpaired) electrons. The van der Waals surface area contributed by atoms with Gasteiger partial charge >= 0.3 is 12.1 Å². The van der Waals surface area contributed by atoms with Gasteiger partial charge in [-0.3, -0.25) is 4.79 Å². The summed E-state index contributed by atoms with van der Waals surface area (Å²) < 4.78 is 22.1. The molecular weight excluding hydrogens is 504 g/mol. The molecule has 0 aromatic rings. The molecule has 0 aromatic heterocycles. The Kier molecular flexibility index (Phi) is 5.61. The van der Waals surface area contributed by atoms with Crippen molar-refractivity contribution in [1.82, 2.24) is 0 Å². The zero-order valence-corrected chi connectivity index (χ0v) is 16.4. The van der Waals surface area contributed by atoms with Crippen LogP contribution >= 0.6 is 45.2 Å². The Labute approximate surface area is 151 Å². The van der Waals surface area contributed by atoms with Gasteiger partial charge in [-0.2, -0.15) is 0 Å². The van der Waals surface area contributed by atoms with Crippen LogP contribution in [0.15, 0.2) is 0 Å². The third-order valence-corrected chi connectivity index (χ3v) is 7.38. The molecule has 2 heterocycles. The third kappa shape index (κ3) is 3.92. The Hall–Kier alpha value is 0.160. The Bertz CT molecular complexity index is 431. The largest absolute Gasteiger partial charge is 0.462 e. The maximum atomic E-state index is 12.1. The lowest BCUT2D eigenvalue weighted by Crippen LogP contribution is -2.37. The van der Waals surface area contributed by atoms with Gasteiger partial charge in [0.2, 0.25) is 0 Å².